The zero-order valence-corrected chi connectivity index (χ0v) is 54.7. The first-order valence-corrected chi connectivity index (χ1v) is 34.2. The molecule has 10 aliphatic rings. The molecule has 12 N–H and O–H groups in total. The van der Waals surface area contributed by atoms with Gasteiger partial charge in [-0.2, -0.15) is 16.8 Å². The predicted molar refractivity (Wildman–Crippen MR) is 308 cm³/mol. The molecular weight excluding hydrogens is 1280 g/mol. The van der Waals surface area contributed by atoms with Gasteiger partial charge in [0.05, 0.1) is 50.0 Å². The van der Waals surface area contributed by atoms with Crippen LogP contribution in [0.25, 0.3) is 0 Å². The Balaban J connectivity index is 0.922. The van der Waals surface area contributed by atoms with Crippen LogP contribution in [0.3, 0.4) is 0 Å². The van der Waals surface area contributed by atoms with Gasteiger partial charge in [-0.05, 0) is 95.3 Å². The van der Waals surface area contributed by atoms with E-state index in [4.69, 9.17) is 61.0 Å². The van der Waals surface area contributed by atoms with E-state index < -0.39 is 228 Å². The van der Waals surface area contributed by atoms with Gasteiger partial charge < -0.3 is 108 Å². The summed E-state index contributed by atoms with van der Waals surface area (Å²) in [4.78, 5) is 28.9. The van der Waals surface area contributed by atoms with E-state index in [0.717, 1.165) is 18.3 Å². The lowest BCUT2D eigenvalue weighted by Gasteiger charge is -2.63. The lowest BCUT2D eigenvalue weighted by Crippen LogP contribution is -2.68. The molecule has 2 unspecified atom stereocenters. The predicted octanol–water partition coefficient (Wildman–Crippen LogP) is -2.09. The molecule has 6 saturated heterocycles. The fourth-order valence-corrected chi connectivity index (χ4v) is 18.1. The van der Waals surface area contributed by atoms with Crippen LogP contribution in [0, 0.1) is 39.4 Å². The van der Waals surface area contributed by atoms with Crippen LogP contribution in [0.5, 0.6) is 0 Å². The van der Waals surface area contributed by atoms with Gasteiger partial charge in [-0.3, -0.25) is 18.7 Å². The van der Waals surface area contributed by atoms with Crippen LogP contribution in [0.1, 0.15) is 107 Å². The van der Waals surface area contributed by atoms with Crippen LogP contribution < -0.4 is 0 Å². The third-order valence-corrected chi connectivity index (χ3v) is 22.9. The van der Waals surface area contributed by atoms with E-state index in [1.54, 1.807) is 0 Å². The van der Waals surface area contributed by atoms with E-state index in [1.165, 1.54) is 6.92 Å². The van der Waals surface area contributed by atoms with E-state index in [0.29, 0.717) is 44.9 Å². The SMILES string of the molecule is CO[C@@H]1[C@@H](O)[C@H](O[C@@H]2[C@@H](O)[C@H](O[C@H]3[C@H](O)[C@@H](O[C@@H]4OC[C@@H](O)[C@H](O)[C@H]4O)[C@H](O[C@H]4[C@H](O[C@H]5CC[C@]6(C)C7CC[C@]89C(=O)O[C@@](C)(CCC=C(C)C)[C@H]8C(=O)C[C@@]9(C)C7=CCC6C5(C)C)OC[C@@H](OS(=O)(=O)O)[C@@H]4O)O[C@@H]3C)O[C@H](COS(=O)(=O)O)[C@H]2O)O[C@H](CO)[C@H]1O. The Bertz CT molecular complexity index is 2990. The number of rotatable bonds is 20. The molecule has 0 aromatic carbocycles. The molecule has 0 radical (unpaired) electrons. The highest BCUT2D eigenvalue weighted by molar-refractivity contribution is 7.81. The summed E-state index contributed by atoms with van der Waals surface area (Å²) in [7, 11) is -9.46. The Morgan fingerprint density at radius 3 is 1.92 bits per heavy atom. The maximum Gasteiger partial charge on any atom is 0.397 e. The number of Topliss-reactive ketones (excluding diaryl/α,β-unsaturated/α-hetero) is 1. The molecule has 93 heavy (non-hydrogen) atoms. The van der Waals surface area contributed by atoms with Crippen LogP contribution in [-0.4, -0.2) is 275 Å². The number of cyclic esters (lactones) is 1. The van der Waals surface area contributed by atoms with E-state index in [9.17, 15) is 86.6 Å². The zero-order valence-electron chi connectivity index (χ0n) is 53.1. The highest BCUT2D eigenvalue weighted by atomic mass is 32.3. The van der Waals surface area contributed by atoms with Gasteiger partial charge in [-0.25, -0.2) is 8.37 Å². The average Bonchev–Trinajstić information content (AvgIpc) is 1.52. The van der Waals surface area contributed by atoms with E-state index in [-0.39, 0.29) is 30.0 Å². The molecule has 0 amide bonds. The van der Waals surface area contributed by atoms with Crippen molar-refractivity contribution >= 4 is 32.6 Å². The van der Waals surface area contributed by atoms with Gasteiger partial charge >= 0.3 is 26.8 Å². The van der Waals surface area contributed by atoms with Gasteiger partial charge in [0.15, 0.2) is 31.5 Å². The molecule has 0 aromatic heterocycles. The average molecular weight is 1380 g/mol. The fraction of sp³-hybridized carbons (Fsp3) is 0.898. The topological polar surface area (TPSA) is 474 Å². The molecule has 0 bridgehead atoms. The summed E-state index contributed by atoms with van der Waals surface area (Å²) in [5, 5.41) is 112. The van der Waals surface area contributed by atoms with Crippen LogP contribution in [0.4, 0.5) is 0 Å². The molecule has 32 nitrogen and oxygen atoms in total. The summed E-state index contributed by atoms with van der Waals surface area (Å²) < 4.78 is 149. The number of methoxy groups -OCH3 is 1. The van der Waals surface area contributed by atoms with Crippen molar-refractivity contribution in [3.63, 3.8) is 0 Å². The van der Waals surface area contributed by atoms with Crippen molar-refractivity contribution in [2.45, 2.75) is 260 Å². The Hall–Kier alpha value is -2.48. The van der Waals surface area contributed by atoms with Crippen molar-refractivity contribution in [3.8, 4) is 0 Å². The number of hydrogen-bond donors (Lipinski definition) is 12. The summed E-state index contributed by atoms with van der Waals surface area (Å²) in [6.45, 7) is 12.1. The molecule has 6 aliphatic heterocycles. The molecule has 34 heteroatoms. The lowest BCUT2D eigenvalue weighted by atomic mass is 9.41. The van der Waals surface area contributed by atoms with E-state index >= 15 is 0 Å². The first-order chi connectivity index (χ1) is 43.4. The minimum atomic E-state index is -5.31. The van der Waals surface area contributed by atoms with Crippen LogP contribution in [0.15, 0.2) is 23.3 Å². The van der Waals surface area contributed by atoms with Gasteiger partial charge in [0.1, 0.15) is 115 Å². The third-order valence-electron chi connectivity index (χ3n) is 21.9. The van der Waals surface area contributed by atoms with Gasteiger partial charge in [0.25, 0.3) is 0 Å². The number of fused-ring (bicyclic) bond motifs is 4. The summed E-state index contributed by atoms with van der Waals surface area (Å²) in [5.41, 5.74) is -1.78. The Labute approximate surface area is 538 Å². The van der Waals surface area contributed by atoms with Gasteiger partial charge in [-0.15, -0.1) is 0 Å². The summed E-state index contributed by atoms with van der Waals surface area (Å²) in [6.07, 6.45) is -36.2. The van der Waals surface area contributed by atoms with Crippen molar-refractivity contribution in [3.05, 3.63) is 23.3 Å². The Kier molecular flexibility index (Phi) is 21.4. The van der Waals surface area contributed by atoms with Gasteiger partial charge in [-0.1, -0.05) is 51.0 Å². The molecule has 9 fully saturated rings. The van der Waals surface area contributed by atoms with Crippen LogP contribution in [-0.2, 0) is 95.6 Å². The number of allylic oxidation sites excluding steroid dienone is 4. The number of ether oxygens (including phenoxy) is 12. The number of hydrogen-bond acceptors (Lipinski definition) is 30. The zero-order chi connectivity index (χ0) is 68.2. The molecule has 3 saturated carbocycles. The summed E-state index contributed by atoms with van der Waals surface area (Å²) in [5.74, 6) is -1.09. The monoisotopic (exact) mass is 1380 g/mol. The number of ketones is 1. The maximum absolute atomic E-state index is 14.5. The first-order valence-electron chi connectivity index (χ1n) is 31.5. The molecule has 4 aliphatic carbocycles. The lowest BCUT2D eigenvalue weighted by molar-refractivity contribution is -0.403. The minimum absolute atomic E-state index is 0.0208. The number of aliphatic hydroxyl groups is 10. The maximum atomic E-state index is 14.5. The fourth-order valence-electron chi connectivity index (χ4n) is 17.3. The van der Waals surface area contributed by atoms with Crippen molar-refractivity contribution in [2.75, 3.05) is 33.5 Å². The standard InChI is InChI=1S/C59H92O32S2/c1-24(2)11-10-16-58(8)48-28(61)19-57(7)27-12-13-33-55(4,5)34(15-17-56(33,6)26(27)14-18-59(48,57)54(71)90-58)85-52-46(38(66)32(22-80-52)91-93(75,76)77)89-53-47(88-49-39(67)35(63)29(62)21-79-49)40(68)43(25(3)82-53)86-51-42(70)45(37(65)31(84-51)23-81-92(72,73)74)87-50-41(69)44(78-9)36(64)30(20-60)83-50/h11-12,25-26,29-53,60,62-70H,10,13-23H2,1-9H3,(H,72,73,74)(H,75,76,77)/t25-,26?,29-,30-,31-,32-,33?,34+,35+,36-,37-,38+,39-,40+,41-,42-,43-,44+,45+,46-,47-,48-,49+,50+,51+,52+,53+,56-,57+,58+,59-/m1/s1. The normalized spacial score (nSPS) is 49.2. The second-order valence-electron chi connectivity index (χ2n) is 28.2. The quantitative estimate of drug-likeness (QED) is 0.0353. The second-order valence-corrected chi connectivity index (χ2v) is 30.3. The smallest absolute Gasteiger partial charge is 0.397 e. The summed E-state index contributed by atoms with van der Waals surface area (Å²) >= 11 is 0. The molecule has 31 atom stereocenters. The second kappa shape index (κ2) is 27.2. The molecule has 0 aromatic rings. The molecule has 10 rings (SSSR count). The Morgan fingerprint density at radius 2 is 1.28 bits per heavy atom. The largest absolute Gasteiger partial charge is 0.458 e. The van der Waals surface area contributed by atoms with E-state index in [2.05, 4.69) is 30.2 Å². The van der Waals surface area contributed by atoms with Crippen molar-refractivity contribution < 1.29 is 152 Å². The molecule has 532 valence electrons. The van der Waals surface area contributed by atoms with Crippen molar-refractivity contribution in [1.29, 1.82) is 0 Å². The number of carbonyl (C=O) groups excluding carboxylic acids is 2. The molecule has 6 heterocycles. The highest BCUT2D eigenvalue weighted by Gasteiger charge is 2.79. The Morgan fingerprint density at radius 1 is 0.667 bits per heavy atom. The highest BCUT2D eigenvalue weighted by Crippen LogP contribution is 2.75. The van der Waals surface area contributed by atoms with Crippen molar-refractivity contribution in [1.82, 2.24) is 0 Å². The van der Waals surface area contributed by atoms with Crippen LogP contribution >= 0.6 is 0 Å². The minimum Gasteiger partial charge on any atom is -0.458 e. The van der Waals surface area contributed by atoms with Gasteiger partial charge in [0.2, 0.25) is 0 Å². The summed E-state index contributed by atoms with van der Waals surface area (Å²) in [6, 6.07) is 0. The molecular formula is C59H92O32S2. The number of carbonyl (C=O) groups is 2. The van der Waals surface area contributed by atoms with Crippen LogP contribution in [0.2, 0.25) is 0 Å². The number of esters is 1. The number of aliphatic hydroxyl groups excluding tert-OH is 10. The van der Waals surface area contributed by atoms with E-state index in [1.807, 2.05) is 34.6 Å². The third kappa shape index (κ3) is 13.5. The molecule has 1 spiro atoms. The van der Waals surface area contributed by atoms with Gasteiger partial charge in [0, 0.05) is 18.9 Å². The first kappa shape index (κ1) is 73.2. The van der Waals surface area contributed by atoms with Crippen molar-refractivity contribution in [2.24, 2.45) is 39.4 Å².